The van der Waals surface area contributed by atoms with E-state index in [1.54, 1.807) is 11.3 Å². The maximum absolute atomic E-state index is 3.81. The van der Waals surface area contributed by atoms with Crippen molar-refractivity contribution in [3.63, 3.8) is 0 Å². The minimum atomic E-state index is 0.681. The largest absolute Gasteiger partial charge is 0.357 e. The Hall–Kier alpha value is -1.28. The van der Waals surface area contributed by atoms with Crippen molar-refractivity contribution >= 4 is 10.9 Å². The van der Waals surface area contributed by atoms with Gasteiger partial charge in [0.05, 0.1) is 6.04 Å². The minimum absolute atomic E-state index is 0.681. The van der Waals surface area contributed by atoms with E-state index in [2.05, 4.69) is 34.1 Å². The lowest BCUT2D eigenvalue weighted by atomic mass is 9.69. The van der Waals surface area contributed by atoms with Crippen LogP contribution in [0.2, 0.25) is 0 Å². The molecule has 3 aliphatic rings. The monoisotopic (exact) mass is 280 g/mol. The van der Waals surface area contributed by atoms with Crippen LogP contribution in [0.4, 0.5) is 0 Å². The maximum atomic E-state index is 3.81. The van der Waals surface area contributed by atoms with Crippen molar-refractivity contribution in [2.24, 2.45) is 11.8 Å². The predicted molar refractivity (Wildman–Crippen MR) is 86.4 cm³/mol. The lowest BCUT2D eigenvalue weighted by Crippen LogP contribution is -2.47. The highest BCUT2D eigenvalue weighted by Crippen LogP contribution is 2.49. The van der Waals surface area contributed by atoms with Gasteiger partial charge in [-0.1, -0.05) is 37.5 Å². The Morgan fingerprint density at radius 3 is 2.90 bits per heavy atom. The number of fused-ring (bicyclic) bond motifs is 7. The Kier molecular flexibility index (Phi) is 2.69. The zero-order chi connectivity index (χ0) is 13.8. The Balaban J connectivity index is 1.65. The van der Waals surface area contributed by atoms with Crippen molar-refractivity contribution < 1.29 is 0 Å². The first kappa shape index (κ1) is 12.3. The summed E-state index contributed by atoms with van der Waals surface area (Å²) in [6.07, 6.45) is 8.50. The van der Waals surface area contributed by atoms with Crippen LogP contribution in [0.15, 0.2) is 24.3 Å². The molecule has 1 saturated carbocycles. The summed E-state index contributed by atoms with van der Waals surface area (Å²) in [6, 6.07) is 9.58. The van der Waals surface area contributed by atoms with E-state index < -0.39 is 0 Å². The molecule has 3 unspecified atom stereocenters. The molecule has 0 spiro atoms. The number of rotatable bonds is 0. The summed E-state index contributed by atoms with van der Waals surface area (Å²) in [6.45, 7) is 2.59. The zero-order valence-electron chi connectivity index (χ0n) is 12.6. The number of piperidine rings is 1. The van der Waals surface area contributed by atoms with Gasteiger partial charge >= 0.3 is 0 Å². The molecule has 5 rings (SSSR count). The van der Waals surface area contributed by atoms with E-state index in [1.807, 2.05) is 0 Å². The van der Waals surface area contributed by atoms with Gasteiger partial charge in [0.2, 0.25) is 0 Å². The number of aromatic nitrogens is 1. The first-order chi connectivity index (χ1) is 10.4. The summed E-state index contributed by atoms with van der Waals surface area (Å²) in [5.41, 5.74) is 4.54. The molecule has 0 amide bonds. The van der Waals surface area contributed by atoms with E-state index in [0.29, 0.717) is 6.04 Å². The number of H-pyrrole nitrogens is 1. The number of nitrogens with one attached hydrogen (secondary N) is 1. The Bertz CT molecular complexity index is 671. The van der Waals surface area contributed by atoms with E-state index in [-0.39, 0.29) is 0 Å². The van der Waals surface area contributed by atoms with Gasteiger partial charge in [-0.25, -0.2) is 0 Å². The fraction of sp³-hybridized carbons (Fsp3) is 0.579. The van der Waals surface area contributed by atoms with E-state index in [4.69, 9.17) is 0 Å². The topological polar surface area (TPSA) is 19.0 Å². The molecule has 0 radical (unpaired) electrons. The standard InChI is InChI=1S/C19H24N2/c1-2-6-14-13(5-1)9-11-21-12-10-16-15-7-3-4-8-17(15)20-18(16)19(14)21/h3-4,7-8,13-14,19-20H,1-2,5-6,9-12H2. The van der Waals surface area contributed by atoms with Crippen molar-refractivity contribution in [1.82, 2.24) is 9.88 Å². The van der Waals surface area contributed by atoms with Crippen LogP contribution >= 0.6 is 0 Å². The lowest BCUT2D eigenvalue weighted by molar-refractivity contribution is 0.0146. The highest BCUT2D eigenvalue weighted by molar-refractivity contribution is 5.85. The molecular weight excluding hydrogens is 256 g/mol. The van der Waals surface area contributed by atoms with E-state index in [0.717, 1.165) is 11.8 Å². The fourth-order valence-electron chi connectivity index (χ4n) is 5.40. The average Bonchev–Trinajstić information content (AvgIpc) is 2.93. The zero-order valence-corrected chi connectivity index (χ0v) is 12.6. The first-order valence-electron chi connectivity index (χ1n) is 8.75. The van der Waals surface area contributed by atoms with Crippen LogP contribution in [0.3, 0.4) is 0 Å². The van der Waals surface area contributed by atoms with Crippen LogP contribution in [-0.4, -0.2) is 23.0 Å². The Morgan fingerprint density at radius 2 is 1.90 bits per heavy atom. The van der Waals surface area contributed by atoms with Crippen LogP contribution < -0.4 is 0 Å². The molecule has 2 heteroatoms. The molecule has 1 aromatic heterocycles. The fourth-order valence-corrected chi connectivity index (χ4v) is 5.40. The number of aromatic amines is 1. The van der Waals surface area contributed by atoms with Crippen molar-refractivity contribution in [2.75, 3.05) is 13.1 Å². The van der Waals surface area contributed by atoms with Crippen LogP contribution in [0.5, 0.6) is 0 Å². The van der Waals surface area contributed by atoms with Gasteiger partial charge in [0.15, 0.2) is 0 Å². The highest BCUT2D eigenvalue weighted by Gasteiger charge is 2.43. The Labute approximate surface area is 126 Å². The first-order valence-corrected chi connectivity index (χ1v) is 8.75. The second-order valence-corrected chi connectivity index (χ2v) is 7.29. The third-order valence-electron chi connectivity index (χ3n) is 6.35. The summed E-state index contributed by atoms with van der Waals surface area (Å²) in [5, 5.41) is 1.48. The lowest BCUT2D eigenvalue weighted by Gasteiger charge is -2.49. The molecule has 1 N–H and O–H groups in total. The summed E-state index contributed by atoms with van der Waals surface area (Å²) in [7, 11) is 0. The number of para-hydroxylation sites is 1. The van der Waals surface area contributed by atoms with E-state index in [1.165, 1.54) is 62.5 Å². The van der Waals surface area contributed by atoms with Crippen LogP contribution in [0.25, 0.3) is 10.9 Å². The van der Waals surface area contributed by atoms with Gasteiger partial charge in [-0.2, -0.15) is 0 Å². The van der Waals surface area contributed by atoms with E-state index >= 15 is 0 Å². The summed E-state index contributed by atoms with van der Waals surface area (Å²) in [4.78, 5) is 6.59. The van der Waals surface area contributed by atoms with Gasteiger partial charge in [-0.3, -0.25) is 4.90 Å². The highest BCUT2D eigenvalue weighted by atomic mass is 15.2. The van der Waals surface area contributed by atoms with Gasteiger partial charge in [0.1, 0.15) is 0 Å². The molecule has 2 fully saturated rings. The SMILES string of the molecule is c1ccc2c3c([nH]c2c1)C1C2CCCCC2CCN1CC3. The number of nitrogens with zero attached hydrogens (tertiary/aromatic N) is 1. The minimum Gasteiger partial charge on any atom is -0.357 e. The van der Waals surface area contributed by atoms with Crippen LogP contribution in [-0.2, 0) is 6.42 Å². The van der Waals surface area contributed by atoms with E-state index in [9.17, 15) is 0 Å². The number of hydrogen-bond acceptors (Lipinski definition) is 1. The third kappa shape index (κ3) is 1.75. The van der Waals surface area contributed by atoms with Crippen molar-refractivity contribution in [2.45, 2.75) is 44.6 Å². The van der Waals surface area contributed by atoms with Crippen LogP contribution in [0, 0.1) is 11.8 Å². The smallest absolute Gasteiger partial charge is 0.0532 e. The normalized spacial score (nSPS) is 32.5. The third-order valence-corrected chi connectivity index (χ3v) is 6.35. The molecule has 3 heterocycles. The Morgan fingerprint density at radius 1 is 1.00 bits per heavy atom. The van der Waals surface area contributed by atoms with Crippen LogP contribution in [0.1, 0.15) is 49.4 Å². The summed E-state index contributed by atoms with van der Waals surface area (Å²) in [5.74, 6) is 1.89. The van der Waals surface area contributed by atoms with Crippen molar-refractivity contribution in [1.29, 1.82) is 0 Å². The summed E-state index contributed by atoms with van der Waals surface area (Å²) < 4.78 is 0. The number of hydrogen-bond donors (Lipinski definition) is 1. The average molecular weight is 280 g/mol. The second-order valence-electron chi connectivity index (χ2n) is 7.29. The molecule has 2 aromatic rings. The van der Waals surface area contributed by atoms with Gasteiger partial charge < -0.3 is 4.98 Å². The second kappa shape index (κ2) is 4.61. The summed E-state index contributed by atoms with van der Waals surface area (Å²) >= 11 is 0. The quantitative estimate of drug-likeness (QED) is 0.763. The van der Waals surface area contributed by atoms with Gasteiger partial charge in [-0.05, 0) is 49.3 Å². The maximum Gasteiger partial charge on any atom is 0.0532 e. The van der Waals surface area contributed by atoms with Gasteiger partial charge in [0.25, 0.3) is 0 Å². The van der Waals surface area contributed by atoms with Gasteiger partial charge in [-0.15, -0.1) is 0 Å². The van der Waals surface area contributed by atoms with Crippen molar-refractivity contribution in [3.05, 3.63) is 35.5 Å². The van der Waals surface area contributed by atoms with Gasteiger partial charge in [0, 0.05) is 23.1 Å². The van der Waals surface area contributed by atoms with Crippen molar-refractivity contribution in [3.8, 4) is 0 Å². The molecule has 1 aliphatic carbocycles. The molecular formula is C19H24N2. The molecule has 2 nitrogen and oxygen atoms in total. The number of benzene rings is 1. The molecule has 21 heavy (non-hydrogen) atoms. The molecule has 3 atom stereocenters. The molecule has 110 valence electrons. The molecule has 0 bridgehead atoms. The molecule has 1 saturated heterocycles. The predicted octanol–water partition coefficient (Wildman–Crippen LogP) is 4.28. The molecule has 2 aliphatic heterocycles. The molecule has 1 aromatic carbocycles.